The van der Waals surface area contributed by atoms with E-state index in [0.29, 0.717) is 15.6 Å². The van der Waals surface area contributed by atoms with E-state index < -0.39 is 28.6 Å². The van der Waals surface area contributed by atoms with E-state index >= 15 is 0 Å². The zero-order chi connectivity index (χ0) is 19.4. The molecule has 0 saturated carbocycles. The lowest BCUT2D eigenvalue weighted by Gasteiger charge is -2.30. The third-order valence-corrected chi connectivity index (χ3v) is 5.27. The molecule has 0 aromatic heterocycles. The molecule has 1 heterocycles. The van der Waals surface area contributed by atoms with Crippen LogP contribution < -0.4 is 4.74 Å². The van der Waals surface area contributed by atoms with Crippen LogP contribution in [0.5, 0.6) is 5.75 Å². The highest BCUT2D eigenvalue weighted by Crippen LogP contribution is 2.35. The summed E-state index contributed by atoms with van der Waals surface area (Å²) < 4.78 is 28.6. The molecule has 0 spiro atoms. The molecule has 0 saturated heterocycles. The number of hydrogen-bond donors (Lipinski definition) is 1. The van der Waals surface area contributed by atoms with Crippen LogP contribution in [0.4, 0.5) is 0 Å². The Labute approximate surface area is 159 Å². The minimum absolute atomic E-state index is 0.0798. The van der Waals surface area contributed by atoms with Crippen LogP contribution in [-0.2, 0) is 15.7 Å². The monoisotopic (exact) mass is 385 g/mol. The quantitative estimate of drug-likeness (QED) is 0.611. The lowest BCUT2D eigenvalue weighted by Crippen LogP contribution is -2.38. The third-order valence-electron chi connectivity index (χ3n) is 4.59. The van der Waals surface area contributed by atoms with E-state index in [9.17, 15) is 18.0 Å². The van der Waals surface area contributed by atoms with Gasteiger partial charge in [-0.2, -0.15) is 0 Å². The van der Waals surface area contributed by atoms with Gasteiger partial charge in [0, 0.05) is 24.1 Å². The lowest BCUT2D eigenvalue weighted by atomic mass is 9.80. The van der Waals surface area contributed by atoms with Crippen molar-refractivity contribution in [2.24, 2.45) is 5.92 Å². The molecule has 2 aromatic carbocycles. The van der Waals surface area contributed by atoms with E-state index in [2.05, 4.69) is 0 Å². The molecule has 2 atom stereocenters. The Kier molecular flexibility index (Phi) is 5.71. The highest BCUT2D eigenvalue weighted by Gasteiger charge is 2.37. The van der Waals surface area contributed by atoms with Crippen LogP contribution in [0.25, 0.3) is 0 Å². The fourth-order valence-electron chi connectivity index (χ4n) is 3.17. The van der Waals surface area contributed by atoms with Crippen molar-refractivity contribution in [3.63, 3.8) is 0 Å². The van der Waals surface area contributed by atoms with Gasteiger partial charge >= 0.3 is 0 Å². The number of amides is 1. The predicted molar refractivity (Wildman–Crippen MR) is 101 cm³/mol. The van der Waals surface area contributed by atoms with Crippen LogP contribution in [-0.4, -0.2) is 31.5 Å². The second-order valence-electron chi connectivity index (χ2n) is 6.16. The van der Waals surface area contributed by atoms with E-state index in [0.717, 1.165) is 5.56 Å². The molecule has 1 amide bonds. The number of nitrogens with zero attached hydrogens (tertiary/aromatic N) is 1. The van der Waals surface area contributed by atoms with Crippen molar-refractivity contribution in [2.45, 2.75) is 12.3 Å². The molecule has 0 unspecified atom stereocenters. The molecule has 7 heteroatoms. The fourth-order valence-corrected chi connectivity index (χ4v) is 3.66. The number of methoxy groups -OCH3 is 1. The van der Waals surface area contributed by atoms with Crippen molar-refractivity contribution in [3.8, 4) is 5.75 Å². The number of thiol groups is 1. The van der Waals surface area contributed by atoms with Crippen molar-refractivity contribution in [1.82, 2.24) is 4.31 Å². The first-order valence-corrected chi connectivity index (χ1v) is 9.52. The molecule has 3 rings (SSSR count). The van der Waals surface area contributed by atoms with Crippen LogP contribution in [0.3, 0.4) is 0 Å². The zero-order valence-electron chi connectivity index (χ0n) is 14.6. The Bertz CT molecular complexity index is 927. The van der Waals surface area contributed by atoms with Crippen molar-refractivity contribution in [1.29, 1.82) is 0 Å². The Morgan fingerprint density at radius 3 is 2.33 bits per heavy atom. The molecular weight excluding hydrogens is 366 g/mol. The normalized spacial score (nSPS) is 19.3. The standard InChI is InChI=1S/C20H19NO5S/c1-26-16-9-7-14(8-10-16)17-11-12-21(27(24)25)20(23)18(17)13-19(22)15-5-3-2-4-6-15/h2-12,17-18,27H,13H2,1H3/t17-,18+/m1/s1. The van der Waals surface area contributed by atoms with Gasteiger partial charge in [-0.15, -0.1) is 0 Å². The molecule has 2 aromatic rings. The molecule has 27 heavy (non-hydrogen) atoms. The summed E-state index contributed by atoms with van der Waals surface area (Å²) in [5.41, 5.74) is 1.30. The summed E-state index contributed by atoms with van der Waals surface area (Å²) in [6.07, 6.45) is 2.83. The van der Waals surface area contributed by atoms with Crippen LogP contribution in [0.1, 0.15) is 28.3 Å². The first-order valence-electron chi connectivity index (χ1n) is 8.39. The average Bonchev–Trinajstić information content (AvgIpc) is 2.70. The van der Waals surface area contributed by atoms with Crippen molar-refractivity contribution in [2.75, 3.05) is 7.11 Å². The number of carbonyl (C=O) groups excluding carboxylic acids is 2. The molecule has 1 aliphatic heterocycles. The highest BCUT2D eigenvalue weighted by atomic mass is 32.2. The van der Waals surface area contributed by atoms with Gasteiger partial charge in [-0.05, 0) is 17.7 Å². The summed E-state index contributed by atoms with van der Waals surface area (Å²) in [4.78, 5) is 25.4. The van der Waals surface area contributed by atoms with E-state index in [1.54, 1.807) is 55.7 Å². The number of rotatable bonds is 6. The maximum absolute atomic E-state index is 12.8. The van der Waals surface area contributed by atoms with Crippen molar-refractivity contribution >= 4 is 22.6 Å². The van der Waals surface area contributed by atoms with Gasteiger partial charge in [-0.1, -0.05) is 48.5 Å². The first-order chi connectivity index (χ1) is 13.0. The summed E-state index contributed by atoms with van der Waals surface area (Å²) in [5.74, 6) is -1.33. The molecule has 0 aliphatic carbocycles. The van der Waals surface area contributed by atoms with Gasteiger partial charge < -0.3 is 4.74 Å². The number of ether oxygens (including phenoxy) is 1. The minimum atomic E-state index is -3.09. The Hall–Kier alpha value is -2.93. The van der Waals surface area contributed by atoms with E-state index in [4.69, 9.17) is 4.74 Å². The summed E-state index contributed by atoms with van der Waals surface area (Å²) in [7, 11) is -1.54. The van der Waals surface area contributed by atoms with Gasteiger partial charge in [0.25, 0.3) is 0 Å². The second-order valence-corrected chi connectivity index (χ2v) is 7.07. The lowest BCUT2D eigenvalue weighted by molar-refractivity contribution is -0.129. The molecule has 0 fully saturated rings. The molecule has 0 bridgehead atoms. The first kappa shape index (κ1) is 18.8. The Morgan fingerprint density at radius 2 is 1.74 bits per heavy atom. The summed E-state index contributed by atoms with van der Waals surface area (Å²) >= 11 is 0. The number of carbonyl (C=O) groups is 2. The topological polar surface area (TPSA) is 80.8 Å². The second kappa shape index (κ2) is 8.18. The number of hydrogen-bond acceptors (Lipinski definition) is 5. The van der Waals surface area contributed by atoms with Crippen molar-refractivity contribution < 1.29 is 22.7 Å². The number of allylic oxidation sites excluding steroid dienone is 1. The van der Waals surface area contributed by atoms with Crippen molar-refractivity contribution in [3.05, 3.63) is 78.0 Å². The van der Waals surface area contributed by atoms with Crippen LogP contribution in [0, 0.1) is 5.92 Å². The minimum Gasteiger partial charge on any atom is -0.497 e. The van der Waals surface area contributed by atoms with Gasteiger partial charge in [0.1, 0.15) is 5.75 Å². The average molecular weight is 385 g/mol. The number of ketones is 1. The molecule has 140 valence electrons. The highest BCUT2D eigenvalue weighted by molar-refractivity contribution is 7.70. The van der Waals surface area contributed by atoms with Gasteiger partial charge in [0.15, 0.2) is 5.78 Å². The number of Topliss-reactive ketones (excluding diaryl/α,β-unsaturated/α-hetero) is 1. The smallest absolute Gasteiger partial charge is 0.244 e. The van der Waals surface area contributed by atoms with Gasteiger partial charge in [0.2, 0.25) is 16.8 Å². The largest absolute Gasteiger partial charge is 0.497 e. The van der Waals surface area contributed by atoms with Crippen LogP contribution in [0.15, 0.2) is 66.9 Å². The van der Waals surface area contributed by atoms with Gasteiger partial charge in [-0.25, -0.2) is 12.7 Å². The molecule has 0 N–H and O–H groups in total. The molecule has 6 nitrogen and oxygen atoms in total. The summed E-state index contributed by atoms with van der Waals surface area (Å²) in [6.45, 7) is 0. The summed E-state index contributed by atoms with van der Waals surface area (Å²) in [5, 5.41) is 0. The zero-order valence-corrected chi connectivity index (χ0v) is 15.5. The molecule has 0 radical (unpaired) electrons. The third kappa shape index (κ3) is 4.09. The number of benzene rings is 2. The Morgan fingerprint density at radius 1 is 1.07 bits per heavy atom. The maximum Gasteiger partial charge on any atom is 0.244 e. The maximum atomic E-state index is 12.8. The molecular formula is C20H19NO5S. The SMILES string of the molecule is COc1ccc([C@H]2C=CN([SH](=O)=O)C(=O)[C@H]2CC(=O)c2ccccc2)cc1. The van der Waals surface area contributed by atoms with E-state index in [1.807, 2.05) is 12.1 Å². The van der Waals surface area contributed by atoms with Crippen LogP contribution >= 0.6 is 0 Å². The van der Waals surface area contributed by atoms with E-state index in [1.165, 1.54) is 6.20 Å². The van der Waals surface area contributed by atoms with Gasteiger partial charge in [0.05, 0.1) is 13.0 Å². The summed E-state index contributed by atoms with van der Waals surface area (Å²) in [6, 6.07) is 15.8. The van der Waals surface area contributed by atoms with Crippen LogP contribution in [0.2, 0.25) is 0 Å². The van der Waals surface area contributed by atoms with Gasteiger partial charge in [-0.3, -0.25) is 9.59 Å². The Balaban J connectivity index is 1.94. The van der Waals surface area contributed by atoms with E-state index in [-0.39, 0.29) is 12.2 Å². The fraction of sp³-hybridized carbons (Fsp3) is 0.200. The molecule has 1 aliphatic rings. The predicted octanol–water partition coefficient (Wildman–Crippen LogP) is 2.55.